The fraction of sp³-hybridized carbons (Fsp3) is 0.714. The van der Waals surface area contributed by atoms with Crippen LogP contribution in [0.3, 0.4) is 0 Å². The van der Waals surface area contributed by atoms with Crippen molar-refractivity contribution in [2.24, 2.45) is 0 Å². The molecule has 0 spiro atoms. The van der Waals surface area contributed by atoms with E-state index in [-0.39, 0.29) is 11.9 Å². The minimum atomic E-state index is -0.310. The molecule has 1 aliphatic heterocycles. The number of amides is 2. The van der Waals surface area contributed by atoms with Crippen molar-refractivity contribution in [1.82, 2.24) is 10.6 Å². The molecule has 0 unspecified atom stereocenters. The molecule has 2 amide bonds. The van der Waals surface area contributed by atoms with E-state index in [9.17, 15) is 9.59 Å². The van der Waals surface area contributed by atoms with Crippen LogP contribution < -0.4 is 10.6 Å². The van der Waals surface area contributed by atoms with Gasteiger partial charge >= 0.3 is 0 Å². The van der Waals surface area contributed by atoms with E-state index in [0.717, 1.165) is 25.8 Å². The molecule has 0 saturated carbocycles. The number of hydrogen-bond acceptors (Lipinski definition) is 2. The van der Waals surface area contributed by atoms with Crippen molar-refractivity contribution < 1.29 is 9.59 Å². The van der Waals surface area contributed by atoms with Gasteiger partial charge in [-0.2, -0.15) is 0 Å². The zero-order chi connectivity index (χ0) is 8.10. The Morgan fingerprint density at radius 1 is 1.55 bits per heavy atom. The molecular weight excluding hydrogens is 144 g/mol. The first-order valence-corrected chi connectivity index (χ1v) is 3.82. The average molecular weight is 156 g/mol. The third-order valence-electron chi connectivity index (χ3n) is 1.80. The molecule has 0 aliphatic carbocycles. The van der Waals surface area contributed by atoms with E-state index in [1.807, 2.05) is 0 Å². The molecule has 2 N–H and O–H groups in total. The van der Waals surface area contributed by atoms with E-state index < -0.39 is 0 Å². The van der Waals surface area contributed by atoms with Crippen LogP contribution >= 0.6 is 0 Å². The summed E-state index contributed by atoms with van der Waals surface area (Å²) in [6.45, 7) is 0.732. The Hall–Kier alpha value is -1.06. The highest BCUT2D eigenvalue weighted by molar-refractivity contribution is 5.83. The van der Waals surface area contributed by atoms with Crippen molar-refractivity contribution in [2.45, 2.75) is 25.3 Å². The Morgan fingerprint density at radius 2 is 2.36 bits per heavy atom. The van der Waals surface area contributed by atoms with Gasteiger partial charge in [0.2, 0.25) is 12.3 Å². The van der Waals surface area contributed by atoms with Gasteiger partial charge in [0.05, 0.1) is 0 Å². The number of rotatable bonds is 2. The van der Waals surface area contributed by atoms with Crippen LogP contribution in [-0.2, 0) is 9.59 Å². The summed E-state index contributed by atoms with van der Waals surface area (Å²) in [6.07, 6.45) is 3.33. The summed E-state index contributed by atoms with van der Waals surface area (Å²) in [6, 6.07) is -0.310. The Labute approximate surface area is 65.3 Å². The number of hydrogen-bond donors (Lipinski definition) is 2. The normalized spacial score (nSPS) is 25.1. The SMILES string of the molecule is O=CN[C@@H]1CCCCNC1=O. The van der Waals surface area contributed by atoms with E-state index in [1.165, 1.54) is 0 Å². The lowest BCUT2D eigenvalue weighted by Gasteiger charge is -2.10. The van der Waals surface area contributed by atoms with Gasteiger partial charge in [-0.3, -0.25) is 9.59 Å². The van der Waals surface area contributed by atoms with Crippen molar-refractivity contribution in [3.8, 4) is 0 Å². The molecular formula is C7H12N2O2. The molecule has 1 saturated heterocycles. The largest absolute Gasteiger partial charge is 0.354 e. The molecule has 1 aliphatic rings. The topological polar surface area (TPSA) is 58.2 Å². The van der Waals surface area contributed by atoms with E-state index in [4.69, 9.17) is 0 Å². The second-order valence-corrected chi connectivity index (χ2v) is 2.62. The van der Waals surface area contributed by atoms with Crippen LogP contribution in [0.5, 0.6) is 0 Å². The number of carbonyl (C=O) groups excluding carboxylic acids is 2. The van der Waals surface area contributed by atoms with Gasteiger partial charge in [0.15, 0.2) is 0 Å². The molecule has 1 rings (SSSR count). The smallest absolute Gasteiger partial charge is 0.242 e. The van der Waals surface area contributed by atoms with Gasteiger partial charge in [-0.1, -0.05) is 0 Å². The molecule has 1 heterocycles. The van der Waals surface area contributed by atoms with Crippen LogP contribution in [0, 0.1) is 0 Å². The fourth-order valence-corrected chi connectivity index (χ4v) is 1.18. The van der Waals surface area contributed by atoms with Crippen LogP contribution in [0.1, 0.15) is 19.3 Å². The fourth-order valence-electron chi connectivity index (χ4n) is 1.18. The predicted octanol–water partition coefficient (Wildman–Crippen LogP) is -0.599. The lowest BCUT2D eigenvalue weighted by Crippen LogP contribution is -2.42. The predicted molar refractivity (Wildman–Crippen MR) is 39.8 cm³/mol. The van der Waals surface area contributed by atoms with Gasteiger partial charge in [0.25, 0.3) is 0 Å². The second-order valence-electron chi connectivity index (χ2n) is 2.62. The number of carbonyl (C=O) groups is 2. The summed E-state index contributed by atoms with van der Waals surface area (Å²) in [4.78, 5) is 21.1. The molecule has 0 aromatic heterocycles. The lowest BCUT2D eigenvalue weighted by molar-refractivity contribution is -0.125. The van der Waals surface area contributed by atoms with E-state index >= 15 is 0 Å². The molecule has 0 bridgehead atoms. The highest BCUT2D eigenvalue weighted by Crippen LogP contribution is 2.03. The lowest BCUT2D eigenvalue weighted by atomic mass is 10.1. The summed E-state index contributed by atoms with van der Waals surface area (Å²) in [5, 5.41) is 5.20. The zero-order valence-corrected chi connectivity index (χ0v) is 6.30. The first-order chi connectivity index (χ1) is 5.34. The van der Waals surface area contributed by atoms with Crippen molar-refractivity contribution in [3.63, 3.8) is 0 Å². The monoisotopic (exact) mass is 156 g/mol. The minimum Gasteiger partial charge on any atom is -0.354 e. The van der Waals surface area contributed by atoms with Gasteiger partial charge < -0.3 is 10.6 Å². The van der Waals surface area contributed by atoms with Crippen LogP contribution in [0.15, 0.2) is 0 Å². The Morgan fingerprint density at radius 3 is 3.09 bits per heavy atom. The summed E-state index contributed by atoms with van der Waals surface area (Å²) >= 11 is 0. The summed E-state index contributed by atoms with van der Waals surface area (Å²) in [5.74, 6) is -0.0606. The molecule has 4 heteroatoms. The third-order valence-corrected chi connectivity index (χ3v) is 1.80. The van der Waals surface area contributed by atoms with Crippen LogP contribution in [0.4, 0.5) is 0 Å². The zero-order valence-electron chi connectivity index (χ0n) is 6.30. The van der Waals surface area contributed by atoms with Gasteiger partial charge in [0, 0.05) is 6.54 Å². The molecule has 0 aromatic carbocycles. The summed E-state index contributed by atoms with van der Waals surface area (Å²) < 4.78 is 0. The average Bonchev–Trinajstić information content (AvgIpc) is 2.18. The molecule has 62 valence electrons. The molecule has 1 atom stereocenters. The maximum absolute atomic E-state index is 11.1. The second kappa shape index (κ2) is 3.95. The highest BCUT2D eigenvalue weighted by atomic mass is 16.2. The Kier molecular flexibility index (Phi) is 2.89. The first-order valence-electron chi connectivity index (χ1n) is 3.82. The molecule has 1 fully saturated rings. The molecule has 0 aromatic rings. The quantitative estimate of drug-likeness (QED) is 0.524. The summed E-state index contributed by atoms with van der Waals surface area (Å²) in [7, 11) is 0. The van der Waals surface area contributed by atoms with E-state index in [1.54, 1.807) is 0 Å². The number of nitrogens with one attached hydrogen (secondary N) is 2. The minimum absolute atomic E-state index is 0.0606. The third kappa shape index (κ3) is 2.22. The molecule has 11 heavy (non-hydrogen) atoms. The van der Waals surface area contributed by atoms with Crippen LogP contribution in [-0.4, -0.2) is 24.9 Å². The Balaban J connectivity index is 2.45. The van der Waals surface area contributed by atoms with Crippen LogP contribution in [0.2, 0.25) is 0 Å². The highest BCUT2D eigenvalue weighted by Gasteiger charge is 2.18. The summed E-state index contributed by atoms with van der Waals surface area (Å²) in [5.41, 5.74) is 0. The van der Waals surface area contributed by atoms with Crippen molar-refractivity contribution in [1.29, 1.82) is 0 Å². The molecule has 0 radical (unpaired) electrons. The van der Waals surface area contributed by atoms with Crippen molar-refractivity contribution in [2.75, 3.05) is 6.54 Å². The van der Waals surface area contributed by atoms with E-state index in [0.29, 0.717) is 6.41 Å². The first kappa shape index (κ1) is 8.04. The van der Waals surface area contributed by atoms with Crippen LogP contribution in [0.25, 0.3) is 0 Å². The van der Waals surface area contributed by atoms with Gasteiger partial charge in [-0.05, 0) is 19.3 Å². The maximum atomic E-state index is 11.1. The van der Waals surface area contributed by atoms with Gasteiger partial charge in [-0.25, -0.2) is 0 Å². The standard InChI is InChI=1S/C7H12N2O2/c10-5-9-6-3-1-2-4-8-7(6)11/h5-6H,1-4H2,(H,8,11)(H,9,10)/t6-/m1/s1. The van der Waals surface area contributed by atoms with E-state index in [2.05, 4.69) is 10.6 Å². The Bertz CT molecular complexity index is 159. The maximum Gasteiger partial charge on any atom is 0.242 e. The van der Waals surface area contributed by atoms with Crippen molar-refractivity contribution >= 4 is 12.3 Å². The van der Waals surface area contributed by atoms with Crippen molar-refractivity contribution in [3.05, 3.63) is 0 Å². The van der Waals surface area contributed by atoms with Gasteiger partial charge in [0.1, 0.15) is 6.04 Å². The van der Waals surface area contributed by atoms with Gasteiger partial charge in [-0.15, -0.1) is 0 Å². The molecule has 4 nitrogen and oxygen atoms in total.